The smallest absolute Gasteiger partial charge is 0.311 e. The molecule has 3 nitrogen and oxygen atoms in total. The van der Waals surface area contributed by atoms with Crippen LogP contribution in [-0.4, -0.2) is 17.1 Å². The minimum Gasteiger partial charge on any atom is -0.462 e. The number of hydrogen-bond acceptors (Lipinski definition) is 3. The van der Waals surface area contributed by atoms with E-state index < -0.39 is 5.41 Å². The molecular weight excluding hydrogens is 394 g/mol. The van der Waals surface area contributed by atoms with Gasteiger partial charge in [-0.15, -0.1) is 0 Å². The number of hydrogen-bond donors (Lipinski definition) is 0. The second kappa shape index (κ2) is 7.43. The maximum Gasteiger partial charge on any atom is 0.311 e. The van der Waals surface area contributed by atoms with E-state index in [1.54, 1.807) is 11.1 Å². The monoisotopic (exact) mass is 431 g/mol. The number of aromatic nitrogens is 1. The number of ether oxygens (including phenoxy) is 1. The van der Waals surface area contributed by atoms with E-state index in [9.17, 15) is 4.79 Å². The number of carbonyl (C=O) groups excluding carboxylic acids is 1. The van der Waals surface area contributed by atoms with E-state index in [1.165, 1.54) is 24.0 Å². The van der Waals surface area contributed by atoms with Crippen LogP contribution < -0.4 is 0 Å². The van der Waals surface area contributed by atoms with Crippen molar-refractivity contribution in [2.75, 3.05) is 0 Å². The fourth-order valence-electron chi connectivity index (χ4n) is 7.00. The molecule has 4 aliphatic rings. The van der Waals surface area contributed by atoms with Crippen molar-refractivity contribution >= 4 is 11.5 Å². The summed E-state index contributed by atoms with van der Waals surface area (Å²) in [7, 11) is 0. The third kappa shape index (κ3) is 3.31. The van der Waals surface area contributed by atoms with Gasteiger partial charge in [0.2, 0.25) is 0 Å². The summed E-state index contributed by atoms with van der Waals surface area (Å²) in [5, 5.41) is 0. The quantitative estimate of drug-likeness (QED) is 0.377. The molecule has 0 saturated heterocycles. The molecule has 5 rings (SSSR count). The number of rotatable bonds is 2. The lowest BCUT2D eigenvalue weighted by atomic mass is 9.49. The molecule has 0 radical (unpaired) electrons. The Labute approximate surface area is 193 Å². The highest BCUT2D eigenvalue weighted by atomic mass is 16.5. The molecule has 0 aliphatic heterocycles. The second-order valence-electron chi connectivity index (χ2n) is 11.9. The lowest BCUT2D eigenvalue weighted by Crippen LogP contribution is -2.47. The largest absolute Gasteiger partial charge is 0.462 e. The van der Waals surface area contributed by atoms with Crippen molar-refractivity contribution < 1.29 is 9.53 Å². The zero-order valence-corrected chi connectivity index (χ0v) is 20.3. The summed E-state index contributed by atoms with van der Waals surface area (Å²) >= 11 is 0. The summed E-state index contributed by atoms with van der Waals surface area (Å²) in [6.45, 7) is 10.8. The van der Waals surface area contributed by atoms with E-state index in [0.29, 0.717) is 11.8 Å². The van der Waals surface area contributed by atoms with Crippen LogP contribution >= 0.6 is 0 Å². The average Bonchev–Trinajstić information content (AvgIpc) is 3.11. The molecule has 0 spiro atoms. The molecule has 1 heterocycles. The van der Waals surface area contributed by atoms with E-state index in [-0.39, 0.29) is 22.9 Å². The van der Waals surface area contributed by atoms with E-state index in [1.807, 2.05) is 39.2 Å². The van der Waals surface area contributed by atoms with Gasteiger partial charge in [-0.3, -0.25) is 9.78 Å². The molecule has 0 amide bonds. The number of pyridine rings is 1. The molecular formula is C29H37NO2. The number of allylic oxidation sites excluding steroid dienone is 5. The van der Waals surface area contributed by atoms with Gasteiger partial charge in [-0.25, -0.2) is 0 Å². The Bertz CT molecular complexity index is 1010. The Hall–Kier alpha value is -2.16. The van der Waals surface area contributed by atoms with Crippen LogP contribution in [0.3, 0.4) is 0 Å². The highest BCUT2D eigenvalue weighted by Gasteiger charge is 2.54. The van der Waals surface area contributed by atoms with Crippen LogP contribution in [0.5, 0.6) is 0 Å². The highest BCUT2D eigenvalue weighted by molar-refractivity contribution is 5.78. The lowest BCUT2D eigenvalue weighted by molar-refractivity contribution is -0.160. The first-order chi connectivity index (χ1) is 15.1. The SMILES string of the molecule is CC(C)(C)C(=O)OC1CCC2(C)C(=CCC3C4=CC=C(c5cccnc5)C4(C)CC[C@@H]32)C1. The molecule has 1 aromatic heterocycles. The summed E-state index contributed by atoms with van der Waals surface area (Å²) in [4.78, 5) is 16.8. The summed E-state index contributed by atoms with van der Waals surface area (Å²) in [5.74, 6) is 1.23. The average molecular weight is 432 g/mol. The van der Waals surface area contributed by atoms with E-state index in [2.05, 4.69) is 43.1 Å². The van der Waals surface area contributed by atoms with E-state index in [4.69, 9.17) is 4.74 Å². The first-order valence-corrected chi connectivity index (χ1v) is 12.4. The normalized spacial score (nSPS) is 36.2. The maximum atomic E-state index is 12.4. The molecule has 4 aliphatic carbocycles. The van der Waals surface area contributed by atoms with E-state index >= 15 is 0 Å². The van der Waals surface area contributed by atoms with Gasteiger partial charge in [-0.1, -0.05) is 49.3 Å². The van der Waals surface area contributed by atoms with Crippen molar-refractivity contribution in [3.05, 3.63) is 59.5 Å². The first-order valence-electron chi connectivity index (χ1n) is 12.4. The van der Waals surface area contributed by atoms with Crippen molar-refractivity contribution in [2.45, 2.75) is 79.2 Å². The Morgan fingerprint density at radius 2 is 1.97 bits per heavy atom. The van der Waals surface area contributed by atoms with Crippen LogP contribution in [0.2, 0.25) is 0 Å². The standard InChI is InChI=1S/C29H37NO2/c1-27(2,3)26(31)32-21-12-14-28(4)20(17-21)8-9-22-24-11-10-23(19-7-6-16-30-18-19)29(24,5)15-13-25(22)28/h6-8,10-11,16,18,21-22,25H,9,12-15,17H2,1-5H3/t21?,22?,25-,28?,29?/m0/s1. The molecule has 3 heteroatoms. The zero-order valence-electron chi connectivity index (χ0n) is 20.3. The van der Waals surface area contributed by atoms with Gasteiger partial charge in [0, 0.05) is 24.2 Å². The van der Waals surface area contributed by atoms with Crippen molar-refractivity contribution in [3.8, 4) is 0 Å². The topological polar surface area (TPSA) is 39.2 Å². The zero-order chi connectivity index (χ0) is 22.7. The molecule has 32 heavy (non-hydrogen) atoms. The van der Waals surface area contributed by atoms with Gasteiger partial charge < -0.3 is 4.74 Å². The number of fused-ring (bicyclic) bond motifs is 5. The van der Waals surface area contributed by atoms with Crippen LogP contribution in [0.25, 0.3) is 5.57 Å². The van der Waals surface area contributed by atoms with Crippen LogP contribution in [0, 0.1) is 28.1 Å². The molecule has 0 bridgehead atoms. The fourth-order valence-corrected chi connectivity index (χ4v) is 7.00. The van der Waals surface area contributed by atoms with Gasteiger partial charge in [0.25, 0.3) is 0 Å². The number of carbonyl (C=O) groups is 1. The van der Waals surface area contributed by atoms with Crippen LogP contribution in [0.1, 0.15) is 78.7 Å². The molecule has 2 fully saturated rings. The molecule has 0 N–H and O–H groups in total. The Balaban J connectivity index is 1.37. The van der Waals surface area contributed by atoms with Gasteiger partial charge in [0.05, 0.1) is 5.41 Å². The van der Waals surface area contributed by atoms with Crippen molar-refractivity contribution in [1.29, 1.82) is 0 Å². The van der Waals surface area contributed by atoms with Crippen molar-refractivity contribution in [2.24, 2.45) is 28.1 Å². The molecule has 170 valence electrons. The van der Waals surface area contributed by atoms with Gasteiger partial charge in [0.1, 0.15) is 6.10 Å². The minimum atomic E-state index is -0.436. The second-order valence-corrected chi connectivity index (χ2v) is 11.9. The first kappa shape index (κ1) is 21.7. The third-order valence-electron chi connectivity index (χ3n) is 8.96. The minimum absolute atomic E-state index is 0.0380. The summed E-state index contributed by atoms with van der Waals surface area (Å²) in [6, 6.07) is 4.25. The Morgan fingerprint density at radius 1 is 1.16 bits per heavy atom. The molecule has 4 unspecified atom stereocenters. The Kier molecular flexibility index (Phi) is 5.03. The molecule has 1 aromatic rings. The fraction of sp³-hybridized carbons (Fsp3) is 0.586. The van der Waals surface area contributed by atoms with E-state index in [0.717, 1.165) is 25.7 Å². The van der Waals surface area contributed by atoms with Crippen LogP contribution in [0.4, 0.5) is 0 Å². The molecule has 0 aromatic carbocycles. The van der Waals surface area contributed by atoms with Gasteiger partial charge in [-0.05, 0) is 87.3 Å². The van der Waals surface area contributed by atoms with Gasteiger partial charge >= 0.3 is 5.97 Å². The lowest BCUT2D eigenvalue weighted by Gasteiger charge is -2.56. The van der Waals surface area contributed by atoms with Crippen LogP contribution in [0.15, 0.2) is 53.9 Å². The Morgan fingerprint density at radius 3 is 2.69 bits per heavy atom. The molecule has 2 saturated carbocycles. The van der Waals surface area contributed by atoms with Gasteiger partial charge in [0.15, 0.2) is 0 Å². The van der Waals surface area contributed by atoms with Crippen LogP contribution in [-0.2, 0) is 9.53 Å². The summed E-state index contributed by atoms with van der Waals surface area (Å²) in [5.41, 5.74) is 5.80. The van der Waals surface area contributed by atoms with Crippen molar-refractivity contribution in [1.82, 2.24) is 4.98 Å². The van der Waals surface area contributed by atoms with Gasteiger partial charge in [-0.2, -0.15) is 0 Å². The number of esters is 1. The summed E-state index contributed by atoms with van der Waals surface area (Å²) in [6.07, 6.45) is 17.8. The highest BCUT2D eigenvalue weighted by Crippen LogP contribution is 2.64. The third-order valence-corrected chi connectivity index (χ3v) is 8.96. The summed E-state index contributed by atoms with van der Waals surface area (Å²) < 4.78 is 5.93. The van der Waals surface area contributed by atoms with Crippen molar-refractivity contribution in [3.63, 3.8) is 0 Å². The maximum absolute atomic E-state index is 12.4. The number of nitrogens with zero attached hydrogens (tertiary/aromatic N) is 1. The predicted molar refractivity (Wildman–Crippen MR) is 129 cm³/mol. The predicted octanol–water partition coefficient (Wildman–Crippen LogP) is 6.92. The molecule has 5 atom stereocenters.